The second-order valence-corrected chi connectivity index (χ2v) is 5.84. The van der Waals surface area contributed by atoms with Crippen LogP contribution in [0.15, 0.2) is 5.38 Å². The van der Waals surface area contributed by atoms with Gasteiger partial charge in [-0.15, -0.1) is 11.3 Å². The van der Waals surface area contributed by atoms with Crippen LogP contribution >= 0.6 is 11.3 Å². The number of hydrogen-bond donors (Lipinski definition) is 1. The van der Waals surface area contributed by atoms with Crippen molar-refractivity contribution in [2.75, 3.05) is 0 Å². The zero-order valence-corrected chi connectivity index (χ0v) is 10.3. The third-order valence-electron chi connectivity index (χ3n) is 2.45. The summed E-state index contributed by atoms with van der Waals surface area (Å²) < 4.78 is 0. The fourth-order valence-corrected chi connectivity index (χ4v) is 2.02. The van der Waals surface area contributed by atoms with Gasteiger partial charge in [-0.3, -0.25) is 0 Å². The molecule has 2 nitrogen and oxygen atoms in total. The van der Waals surface area contributed by atoms with Gasteiger partial charge in [-0.1, -0.05) is 20.8 Å². The van der Waals surface area contributed by atoms with E-state index >= 15 is 0 Å². The minimum atomic E-state index is 0.201. The standard InChI is InChI=1S/C11H20N2S/c1-8-7-14-10(13-8)6-5-9(12)11(2,3)4/h7,9H,5-6,12H2,1-4H3. The second-order valence-electron chi connectivity index (χ2n) is 4.89. The molecule has 0 aliphatic heterocycles. The molecule has 1 rings (SSSR count). The smallest absolute Gasteiger partial charge is 0.0928 e. The molecule has 0 bridgehead atoms. The van der Waals surface area contributed by atoms with E-state index < -0.39 is 0 Å². The predicted molar refractivity (Wildman–Crippen MR) is 62.6 cm³/mol. The third kappa shape index (κ3) is 3.39. The van der Waals surface area contributed by atoms with E-state index in [0.717, 1.165) is 18.5 Å². The van der Waals surface area contributed by atoms with Crippen molar-refractivity contribution in [3.05, 3.63) is 16.1 Å². The van der Waals surface area contributed by atoms with Gasteiger partial charge in [0.2, 0.25) is 0 Å². The Hall–Kier alpha value is -0.410. The molecular weight excluding hydrogens is 192 g/mol. The highest BCUT2D eigenvalue weighted by atomic mass is 32.1. The fourth-order valence-electron chi connectivity index (χ4n) is 1.23. The normalized spacial score (nSPS) is 14.4. The van der Waals surface area contributed by atoms with E-state index in [0.29, 0.717) is 0 Å². The summed E-state index contributed by atoms with van der Waals surface area (Å²) >= 11 is 1.74. The Morgan fingerprint density at radius 1 is 1.50 bits per heavy atom. The van der Waals surface area contributed by atoms with Gasteiger partial charge in [0.05, 0.1) is 5.01 Å². The van der Waals surface area contributed by atoms with E-state index in [4.69, 9.17) is 5.73 Å². The monoisotopic (exact) mass is 212 g/mol. The van der Waals surface area contributed by atoms with Crippen LogP contribution < -0.4 is 5.73 Å². The first kappa shape index (κ1) is 11.7. The SMILES string of the molecule is Cc1csc(CCC(N)C(C)(C)C)n1. The Kier molecular flexibility index (Phi) is 3.67. The Labute approximate surface area is 90.6 Å². The summed E-state index contributed by atoms with van der Waals surface area (Å²) in [7, 11) is 0. The summed E-state index contributed by atoms with van der Waals surface area (Å²) in [4.78, 5) is 4.43. The summed E-state index contributed by atoms with van der Waals surface area (Å²) in [6, 6.07) is 0.256. The molecule has 14 heavy (non-hydrogen) atoms. The van der Waals surface area contributed by atoms with Gasteiger partial charge in [-0.2, -0.15) is 0 Å². The second kappa shape index (κ2) is 4.41. The molecular formula is C11H20N2S. The minimum absolute atomic E-state index is 0.201. The van der Waals surface area contributed by atoms with E-state index in [1.165, 1.54) is 5.01 Å². The van der Waals surface area contributed by atoms with Crippen LogP contribution in [0.1, 0.15) is 37.9 Å². The van der Waals surface area contributed by atoms with Crippen molar-refractivity contribution in [1.82, 2.24) is 4.98 Å². The zero-order valence-electron chi connectivity index (χ0n) is 9.50. The first-order valence-electron chi connectivity index (χ1n) is 5.06. The van der Waals surface area contributed by atoms with Gasteiger partial charge in [-0.05, 0) is 18.8 Å². The summed E-state index contributed by atoms with van der Waals surface area (Å²) in [5.74, 6) is 0. The predicted octanol–water partition coefficient (Wildman–Crippen LogP) is 2.76. The van der Waals surface area contributed by atoms with Crippen molar-refractivity contribution in [3.8, 4) is 0 Å². The molecule has 0 saturated heterocycles. The lowest BCUT2D eigenvalue weighted by atomic mass is 9.85. The Morgan fingerprint density at radius 3 is 2.57 bits per heavy atom. The maximum atomic E-state index is 6.08. The lowest BCUT2D eigenvalue weighted by molar-refractivity contribution is 0.306. The number of hydrogen-bond acceptors (Lipinski definition) is 3. The van der Waals surface area contributed by atoms with E-state index in [-0.39, 0.29) is 11.5 Å². The highest BCUT2D eigenvalue weighted by Crippen LogP contribution is 2.22. The van der Waals surface area contributed by atoms with E-state index in [9.17, 15) is 0 Å². The quantitative estimate of drug-likeness (QED) is 0.836. The number of aryl methyl sites for hydroxylation is 2. The van der Waals surface area contributed by atoms with Crippen LogP contribution in [0.25, 0.3) is 0 Å². The average Bonchev–Trinajstić information content (AvgIpc) is 2.45. The van der Waals surface area contributed by atoms with Crippen LogP contribution in [0.2, 0.25) is 0 Å². The topological polar surface area (TPSA) is 38.9 Å². The molecule has 0 aliphatic rings. The van der Waals surface area contributed by atoms with E-state index in [2.05, 4.69) is 31.1 Å². The maximum absolute atomic E-state index is 6.08. The van der Waals surface area contributed by atoms with Gasteiger partial charge < -0.3 is 5.73 Å². The molecule has 80 valence electrons. The molecule has 3 heteroatoms. The number of nitrogens with zero attached hydrogens (tertiary/aromatic N) is 1. The van der Waals surface area contributed by atoms with Gasteiger partial charge >= 0.3 is 0 Å². The Morgan fingerprint density at radius 2 is 2.14 bits per heavy atom. The van der Waals surface area contributed by atoms with Crippen molar-refractivity contribution < 1.29 is 0 Å². The molecule has 0 amide bonds. The zero-order chi connectivity index (χ0) is 10.8. The number of rotatable bonds is 3. The summed E-state index contributed by atoms with van der Waals surface area (Å²) in [6.07, 6.45) is 2.04. The van der Waals surface area contributed by atoms with Crippen LogP contribution in [-0.4, -0.2) is 11.0 Å². The Balaban J connectivity index is 2.41. The molecule has 1 heterocycles. The van der Waals surface area contributed by atoms with E-state index in [1.54, 1.807) is 11.3 Å². The van der Waals surface area contributed by atoms with Gasteiger partial charge in [0.1, 0.15) is 0 Å². The maximum Gasteiger partial charge on any atom is 0.0928 e. The number of aromatic nitrogens is 1. The first-order valence-corrected chi connectivity index (χ1v) is 5.94. The molecule has 1 aromatic heterocycles. The summed E-state index contributed by atoms with van der Waals surface area (Å²) in [6.45, 7) is 8.59. The molecule has 0 aliphatic carbocycles. The first-order chi connectivity index (χ1) is 6.39. The highest BCUT2D eigenvalue weighted by Gasteiger charge is 2.20. The lowest BCUT2D eigenvalue weighted by Crippen LogP contribution is -2.35. The third-order valence-corrected chi connectivity index (χ3v) is 3.47. The van der Waals surface area contributed by atoms with Crippen molar-refractivity contribution in [2.24, 2.45) is 11.1 Å². The number of thiazole rings is 1. The van der Waals surface area contributed by atoms with Crippen LogP contribution in [0.4, 0.5) is 0 Å². The van der Waals surface area contributed by atoms with E-state index in [1.807, 2.05) is 6.92 Å². The molecule has 1 aromatic rings. The van der Waals surface area contributed by atoms with Crippen molar-refractivity contribution in [1.29, 1.82) is 0 Å². The van der Waals surface area contributed by atoms with Crippen LogP contribution in [-0.2, 0) is 6.42 Å². The van der Waals surface area contributed by atoms with Gasteiger partial charge in [0, 0.05) is 23.5 Å². The van der Waals surface area contributed by atoms with Gasteiger partial charge in [0.25, 0.3) is 0 Å². The van der Waals surface area contributed by atoms with Crippen molar-refractivity contribution in [2.45, 2.75) is 46.6 Å². The van der Waals surface area contributed by atoms with Gasteiger partial charge in [0.15, 0.2) is 0 Å². The molecule has 0 saturated carbocycles. The lowest BCUT2D eigenvalue weighted by Gasteiger charge is -2.26. The summed E-state index contributed by atoms with van der Waals surface area (Å²) in [5.41, 5.74) is 7.40. The molecule has 2 N–H and O–H groups in total. The van der Waals surface area contributed by atoms with Crippen molar-refractivity contribution in [3.63, 3.8) is 0 Å². The molecule has 0 aromatic carbocycles. The molecule has 1 unspecified atom stereocenters. The van der Waals surface area contributed by atoms with Crippen molar-refractivity contribution >= 4 is 11.3 Å². The van der Waals surface area contributed by atoms with Crippen LogP contribution in [0.5, 0.6) is 0 Å². The highest BCUT2D eigenvalue weighted by molar-refractivity contribution is 7.09. The van der Waals surface area contributed by atoms with Gasteiger partial charge in [-0.25, -0.2) is 4.98 Å². The fraction of sp³-hybridized carbons (Fsp3) is 0.727. The molecule has 1 atom stereocenters. The molecule has 0 spiro atoms. The number of nitrogens with two attached hydrogens (primary N) is 1. The Bertz CT molecular complexity index is 286. The largest absolute Gasteiger partial charge is 0.327 e. The summed E-state index contributed by atoms with van der Waals surface area (Å²) in [5, 5.41) is 3.31. The van der Waals surface area contributed by atoms with Crippen LogP contribution in [0, 0.1) is 12.3 Å². The molecule has 0 fully saturated rings. The van der Waals surface area contributed by atoms with Crippen LogP contribution in [0.3, 0.4) is 0 Å². The molecule has 0 radical (unpaired) electrons. The average molecular weight is 212 g/mol. The minimum Gasteiger partial charge on any atom is -0.327 e.